The molecule has 2 heteroatoms. The number of unbranched alkanes of at least 4 members (excludes halogenated alkanes) is 1. The predicted molar refractivity (Wildman–Crippen MR) is 105 cm³/mol. The first kappa shape index (κ1) is 15.8. The lowest BCUT2D eigenvalue weighted by molar-refractivity contribution is 0.797. The first-order valence-corrected chi connectivity index (χ1v) is 9.16. The Morgan fingerprint density at radius 1 is 1.17 bits per heavy atom. The summed E-state index contributed by atoms with van der Waals surface area (Å²) in [5.74, 6) is 0. The lowest BCUT2D eigenvalue weighted by Crippen LogP contribution is -2.03. The molecule has 0 saturated carbocycles. The highest BCUT2D eigenvalue weighted by Gasteiger charge is 2.15. The van der Waals surface area contributed by atoms with E-state index in [4.69, 9.17) is 0 Å². The topological polar surface area (TPSA) is 12.0 Å². The molecule has 3 aromatic rings. The summed E-state index contributed by atoms with van der Waals surface area (Å²) in [6, 6.07) is 15.3. The second kappa shape index (κ2) is 7.47. The molecule has 3 rings (SSSR count). The Hall–Kier alpha value is -2.06. The average molecular weight is 321 g/mol. The molecule has 0 unspecified atom stereocenters. The predicted octanol–water partition coefficient (Wildman–Crippen LogP) is 6.51. The Labute approximate surface area is 142 Å². The van der Waals surface area contributed by atoms with Crippen LogP contribution < -0.4 is 5.32 Å². The number of rotatable bonds is 7. The molecule has 0 aliphatic carbocycles. The Kier molecular flexibility index (Phi) is 5.14. The van der Waals surface area contributed by atoms with Crippen molar-refractivity contribution in [3.05, 3.63) is 66.1 Å². The third-order valence-corrected chi connectivity index (χ3v) is 5.06. The SMILES string of the molecule is C=CCNc1c(-c2ccccc2)c(CCCC)cc2ccsc12. The van der Waals surface area contributed by atoms with Crippen molar-refractivity contribution in [1.82, 2.24) is 0 Å². The average Bonchev–Trinajstić information content (AvgIpc) is 3.06. The molecular weight excluding hydrogens is 298 g/mol. The largest absolute Gasteiger partial charge is 0.380 e. The van der Waals surface area contributed by atoms with E-state index in [0.717, 1.165) is 13.0 Å². The molecule has 0 amide bonds. The molecule has 23 heavy (non-hydrogen) atoms. The quantitative estimate of drug-likeness (QED) is 0.489. The van der Waals surface area contributed by atoms with Crippen LogP contribution in [0, 0.1) is 0 Å². The maximum atomic E-state index is 3.86. The molecule has 118 valence electrons. The molecule has 0 atom stereocenters. The lowest BCUT2D eigenvalue weighted by atomic mass is 9.93. The van der Waals surface area contributed by atoms with Gasteiger partial charge in [0.05, 0.1) is 10.4 Å². The highest BCUT2D eigenvalue weighted by molar-refractivity contribution is 7.18. The fourth-order valence-electron chi connectivity index (χ4n) is 3.01. The summed E-state index contributed by atoms with van der Waals surface area (Å²) in [7, 11) is 0. The third kappa shape index (κ3) is 3.32. The maximum Gasteiger partial charge on any atom is 0.0606 e. The second-order valence-corrected chi connectivity index (χ2v) is 6.68. The van der Waals surface area contributed by atoms with Gasteiger partial charge in [0.25, 0.3) is 0 Å². The van der Waals surface area contributed by atoms with Gasteiger partial charge < -0.3 is 5.32 Å². The number of thiophene rings is 1. The van der Waals surface area contributed by atoms with Crippen LogP contribution in [0.25, 0.3) is 21.2 Å². The molecule has 0 bridgehead atoms. The fourth-order valence-corrected chi connectivity index (χ4v) is 3.92. The molecule has 0 radical (unpaired) electrons. The van der Waals surface area contributed by atoms with Gasteiger partial charge in [-0.25, -0.2) is 0 Å². The summed E-state index contributed by atoms with van der Waals surface area (Å²) >= 11 is 1.81. The van der Waals surface area contributed by atoms with Gasteiger partial charge in [-0.15, -0.1) is 17.9 Å². The van der Waals surface area contributed by atoms with E-state index in [9.17, 15) is 0 Å². The molecule has 0 aliphatic heterocycles. The smallest absolute Gasteiger partial charge is 0.0606 e. The number of aryl methyl sites for hydroxylation is 1. The van der Waals surface area contributed by atoms with Gasteiger partial charge in [0, 0.05) is 12.1 Å². The molecule has 1 nitrogen and oxygen atoms in total. The standard InChI is InChI=1S/C21H23NS/c1-3-5-9-17-15-18-12-14-23-21(18)20(22-13-4-2)19(17)16-10-7-6-8-11-16/h4,6-8,10-12,14-15,22H,2-3,5,9,13H2,1H3. The molecule has 0 fully saturated rings. The molecular formula is C21H23NS. The molecule has 2 aromatic carbocycles. The first-order valence-electron chi connectivity index (χ1n) is 8.28. The summed E-state index contributed by atoms with van der Waals surface area (Å²) in [5.41, 5.74) is 5.35. The minimum absolute atomic E-state index is 0.782. The minimum atomic E-state index is 0.782. The lowest BCUT2D eigenvalue weighted by Gasteiger charge is -2.18. The van der Waals surface area contributed by atoms with Crippen molar-refractivity contribution in [2.75, 3.05) is 11.9 Å². The minimum Gasteiger partial charge on any atom is -0.380 e. The van der Waals surface area contributed by atoms with Crippen molar-refractivity contribution < 1.29 is 0 Å². The Morgan fingerprint density at radius 2 is 2.00 bits per heavy atom. The van der Waals surface area contributed by atoms with Crippen LogP contribution >= 0.6 is 11.3 Å². The van der Waals surface area contributed by atoms with Crippen molar-refractivity contribution in [2.24, 2.45) is 0 Å². The van der Waals surface area contributed by atoms with Crippen LogP contribution in [0.15, 0.2) is 60.5 Å². The van der Waals surface area contributed by atoms with Gasteiger partial charge in [-0.05, 0) is 46.9 Å². The number of hydrogen-bond acceptors (Lipinski definition) is 2. The van der Waals surface area contributed by atoms with Crippen LogP contribution in [-0.4, -0.2) is 6.54 Å². The van der Waals surface area contributed by atoms with Crippen LogP contribution in [0.5, 0.6) is 0 Å². The van der Waals surface area contributed by atoms with Crippen LogP contribution in [-0.2, 0) is 6.42 Å². The molecule has 0 saturated heterocycles. The van der Waals surface area contributed by atoms with E-state index in [1.54, 1.807) is 0 Å². The molecule has 1 N–H and O–H groups in total. The Morgan fingerprint density at radius 3 is 2.74 bits per heavy atom. The summed E-state index contributed by atoms with van der Waals surface area (Å²) < 4.78 is 1.34. The molecule has 0 spiro atoms. The zero-order valence-electron chi connectivity index (χ0n) is 13.6. The van der Waals surface area contributed by atoms with Crippen LogP contribution in [0.3, 0.4) is 0 Å². The highest BCUT2D eigenvalue weighted by Crippen LogP contribution is 2.41. The number of hydrogen-bond donors (Lipinski definition) is 1. The zero-order chi connectivity index (χ0) is 16.1. The van der Waals surface area contributed by atoms with Gasteiger partial charge in [-0.1, -0.05) is 49.8 Å². The summed E-state index contributed by atoms with van der Waals surface area (Å²) in [6.45, 7) is 6.89. The van der Waals surface area contributed by atoms with E-state index in [0.29, 0.717) is 0 Å². The van der Waals surface area contributed by atoms with Crippen molar-refractivity contribution in [3.8, 4) is 11.1 Å². The van der Waals surface area contributed by atoms with Crippen molar-refractivity contribution in [3.63, 3.8) is 0 Å². The van der Waals surface area contributed by atoms with Gasteiger partial charge in [0.2, 0.25) is 0 Å². The van der Waals surface area contributed by atoms with Crippen molar-refractivity contribution >= 4 is 27.1 Å². The van der Waals surface area contributed by atoms with Crippen LogP contribution in [0.2, 0.25) is 0 Å². The monoisotopic (exact) mass is 321 g/mol. The maximum absolute atomic E-state index is 3.86. The van der Waals surface area contributed by atoms with E-state index in [1.165, 1.54) is 45.3 Å². The number of nitrogens with one attached hydrogen (secondary N) is 1. The van der Waals surface area contributed by atoms with Gasteiger partial charge in [0.1, 0.15) is 0 Å². The molecule has 1 heterocycles. The van der Waals surface area contributed by atoms with Crippen molar-refractivity contribution in [2.45, 2.75) is 26.2 Å². The summed E-state index contributed by atoms with van der Waals surface area (Å²) in [4.78, 5) is 0. The molecule has 1 aromatic heterocycles. The van der Waals surface area contributed by atoms with Gasteiger partial charge in [-0.2, -0.15) is 0 Å². The summed E-state index contributed by atoms with van der Waals surface area (Å²) in [6.07, 6.45) is 5.48. The number of fused-ring (bicyclic) bond motifs is 1. The van der Waals surface area contributed by atoms with E-state index in [2.05, 4.69) is 66.7 Å². The van der Waals surface area contributed by atoms with Crippen LogP contribution in [0.1, 0.15) is 25.3 Å². The normalized spacial score (nSPS) is 10.8. The Bertz CT molecular complexity index is 786. The fraction of sp³-hybridized carbons (Fsp3) is 0.238. The zero-order valence-corrected chi connectivity index (χ0v) is 14.5. The second-order valence-electron chi connectivity index (χ2n) is 5.76. The first-order chi connectivity index (χ1) is 11.3. The summed E-state index contributed by atoms with van der Waals surface area (Å²) in [5, 5.41) is 7.12. The van der Waals surface area contributed by atoms with Gasteiger partial charge >= 0.3 is 0 Å². The third-order valence-electron chi connectivity index (χ3n) is 4.11. The van der Waals surface area contributed by atoms with Gasteiger partial charge in [0.15, 0.2) is 0 Å². The van der Waals surface area contributed by atoms with E-state index < -0.39 is 0 Å². The van der Waals surface area contributed by atoms with E-state index in [1.807, 2.05) is 17.4 Å². The van der Waals surface area contributed by atoms with E-state index in [-0.39, 0.29) is 0 Å². The van der Waals surface area contributed by atoms with Crippen LogP contribution in [0.4, 0.5) is 5.69 Å². The molecule has 0 aliphatic rings. The number of anilines is 1. The highest BCUT2D eigenvalue weighted by atomic mass is 32.1. The van der Waals surface area contributed by atoms with Gasteiger partial charge in [-0.3, -0.25) is 0 Å². The number of benzene rings is 2. The van der Waals surface area contributed by atoms with E-state index >= 15 is 0 Å². The van der Waals surface area contributed by atoms with Crippen molar-refractivity contribution in [1.29, 1.82) is 0 Å². The Balaban J connectivity index is 2.23.